The van der Waals surface area contributed by atoms with E-state index in [0.717, 1.165) is 11.1 Å². The molecule has 1 fully saturated rings. The highest BCUT2D eigenvalue weighted by molar-refractivity contribution is 7.08. The van der Waals surface area contributed by atoms with Crippen LogP contribution >= 0.6 is 23.7 Å². The molecule has 9 heteroatoms. The van der Waals surface area contributed by atoms with Crippen LogP contribution in [0.4, 0.5) is 0 Å². The van der Waals surface area contributed by atoms with Crippen LogP contribution in [-0.2, 0) is 11.8 Å². The molecule has 3 rings (SSSR count). The number of hydrogen-bond acceptors (Lipinski definition) is 5. The van der Waals surface area contributed by atoms with E-state index in [1.165, 1.54) is 11.3 Å². The zero-order valence-corrected chi connectivity index (χ0v) is 15.8. The highest BCUT2D eigenvalue weighted by atomic mass is 35.5. The maximum absolute atomic E-state index is 12.8. The van der Waals surface area contributed by atoms with E-state index < -0.39 is 6.04 Å². The fraction of sp³-hybridized carbons (Fsp3) is 0.438. The second-order valence-corrected chi connectivity index (χ2v) is 6.58. The number of amides is 2. The van der Waals surface area contributed by atoms with Crippen molar-refractivity contribution in [1.29, 1.82) is 0 Å². The van der Waals surface area contributed by atoms with Gasteiger partial charge in [-0.05, 0) is 18.5 Å². The molecule has 2 aromatic rings. The predicted octanol–water partition coefficient (Wildman–Crippen LogP) is 1.15. The summed E-state index contributed by atoms with van der Waals surface area (Å²) in [5, 5.41) is 11.0. The lowest BCUT2D eigenvalue weighted by atomic mass is 10.1. The van der Waals surface area contributed by atoms with Gasteiger partial charge in [-0.1, -0.05) is 0 Å². The Bertz CT molecular complexity index is 710. The minimum absolute atomic E-state index is 0. The van der Waals surface area contributed by atoms with Gasteiger partial charge in [-0.3, -0.25) is 14.3 Å². The number of hydrogen-bond donors (Lipinski definition) is 1. The molecule has 136 valence electrons. The Morgan fingerprint density at radius 3 is 2.44 bits per heavy atom. The van der Waals surface area contributed by atoms with E-state index in [1.807, 2.05) is 39.9 Å². The van der Waals surface area contributed by atoms with Gasteiger partial charge in [-0.2, -0.15) is 16.4 Å². The molecule has 2 aromatic heterocycles. The van der Waals surface area contributed by atoms with E-state index >= 15 is 0 Å². The van der Waals surface area contributed by atoms with Gasteiger partial charge in [0.2, 0.25) is 5.91 Å². The topological polar surface area (TPSA) is 70.5 Å². The van der Waals surface area contributed by atoms with E-state index in [-0.39, 0.29) is 24.2 Å². The SMILES string of the molecule is CNC(C(=O)N1CCN(C(=O)c2ccsc2)CC1)c1cnn(C)c1.Cl. The molecule has 0 aromatic carbocycles. The maximum atomic E-state index is 12.8. The van der Waals surface area contributed by atoms with Crippen LogP contribution in [0.3, 0.4) is 0 Å². The lowest BCUT2D eigenvalue weighted by Gasteiger charge is -2.36. The summed E-state index contributed by atoms with van der Waals surface area (Å²) < 4.78 is 1.68. The van der Waals surface area contributed by atoms with E-state index in [9.17, 15) is 9.59 Å². The number of rotatable bonds is 4. The third kappa shape index (κ3) is 4.20. The van der Waals surface area contributed by atoms with Gasteiger partial charge in [0.1, 0.15) is 6.04 Å². The van der Waals surface area contributed by atoms with Gasteiger partial charge in [-0.15, -0.1) is 12.4 Å². The van der Waals surface area contributed by atoms with Crippen LogP contribution in [0, 0.1) is 0 Å². The van der Waals surface area contributed by atoms with Crippen molar-refractivity contribution in [3.63, 3.8) is 0 Å². The van der Waals surface area contributed by atoms with E-state index in [2.05, 4.69) is 10.4 Å². The lowest BCUT2D eigenvalue weighted by molar-refractivity contribution is -0.135. The zero-order valence-electron chi connectivity index (χ0n) is 14.2. The van der Waals surface area contributed by atoms with E-state index in [4.69, 9.17) is 0 Å². The van der Waals surface area contributed by atoms with Gasteiger partial charge in [-0.25, -0.2) is 0 Å². The Hall–Kier alpha value is -1.90. The van der Waals surface area contributed by atoms with Gasteiger partial charge in [0.05, 0.1) is 11.8 Å². The molecular formula is C16H22ClN5O2S. The summed E-state index contributed by atoms with van der Waals surface area (Å²) in [5.41, 5.74) is 1.57. The number of aryl methyl sites for hydroxylation is 1. The first-order chi connectivity index (χ1) is 11.6. The van der Waals surface area contributed by atoms with Gasteiger partial charge in [0, 0.05) is 50.4 Å². The number of aromatic nitrogens is 2. The number of nitrogens with zero attached hydrogens (tertiary/aromatic N) is 4. The monoisotopic (exact) mass is 383 g/mol. The van der Waals surface area contributed by atoms with Crippen molar-refractivity contribution in [2.45, 2.75) is 6.04 Å². The summed E-state index contributed by atoms with van der Waals surface area (Å²) >= 11 is 1.52. The first-order valence-corrected chi connectivity index (χ1v) is 8.80. The fourth-order valence-electron chi connectivity index (χ4n) is 2.90. The summed E-state index contributed by atoms with van der Waals surface area (Å²) in [6, 6.07) is 1.43. The Kier molecular flexibility index (Phi) is 6.57. The number of likely N-dealkylation sites (N-methyl/N-ethyl adjacent to an activating group) is 1. The van der Waals surface area contributed by atoms with E-state index in [0.29, 0.717) is 26.2 Å². The Balaban J connectivity index is 0.00000225. The zero-order chi connectivity index (χ0) is 17.1. The van der Waals surface area contributed by atoms with Crippen molar-refractivity contribution in [3.8, 4) is 0 Å². The molecule has 25 heavy (non-hydrogen) atoms. The van der Waals surface area contributed by atoms with Gasteiger partial charge in [0.25, 0.3) is 5.91 Å². The van der Waals surface area contributed by atoms with Crippen molar-refractivity contribution in [2.24, 2.45) is 7.05 Å². The number of nitrogens with one attached hydrogen (secondary N) is 1. The van der Waals surface area contributed by atoms with Crippen molar-refractivity contribution in [2.75, 3.05) is 33.2 Å². The first kappa shape index (κ1) is 19.4. The normalized spacial score (nSPS) is 15.6. The van der Waals surface area contributed by atoms with Crippen LogP contribution in [0.1, 0.15) is 22.0 Å². The predicted molar refractivity (Wildman–Crippen MR) is 99.1 cm³/mol. The molecule has 0 spiro atoms. The Morgan fingerprint density at radius 2 is 1.92 bits per heavy atom. The molecule has 1 atom stereocenters. The molecule has 1 aliphatic heterocycles. The third-order valence-corrected chi connectivity index (χ3v) is 4.92. The van der Waals surface area contributed by atoms with Crippen molar-refractivity contribution < 1.29 is 9.59 Å². The molecule has 1 unspecified atom stereocenters. The Morgan fingerprint density at radius 1 is 1.24 bits per heavy atom. The van der Waals surface area contributed by atoms with Crippen molar-refractivity contribution in [3.05, 3.63) is 40.3 Å². The second kappa shape index (κ2) is 8.46. The summed E-state index contributed by atoms with van der Waals surface area (Å²) in [7, 11) is 3.60. The van der Waals surface area contributed by atoms with Crippen molar-refractivity contribution >= 4 is 35.6 Å². The molecule has 3 heterocycles. The summed E-state index contributed by atoms with van der Waals surface area (Å²) in [6.07, 6.45) is 3.55. The molecule has 0 radical (unpaired) electrons. The van der Waals surface area contributed by atoms with E-state index in [1.54, 1.807) is 17.9 Å². The number of carbonyl (C=O) groups is 2. The molecule has 0 bridgehead atoms. The number of piperazine rings is 1. The molecule has 1 saturated heterocycles. The molecular weight excluding hydrogens is 362 g/mol. The average Bonchev–Trinajstić information content (AvgIpc) is 3.27. The molecule has 1 N–H and O–H groups in total. The van der Waals surface area contributed by atoms with Crippen LogP contribution in [0.15, 0.2) is 29.2 Å². The summed E-state index contributed by atoms with van der Waals surface area (Å²) in [4.78, 5) is 28.7. The highest BCUT2D eigenvalue weighted by Gasteiger charge is 2.30. The minimum atomic E-state index is -0.405. The minimum Gasteiger partial charge on any atom is -0.337 e. The lowest BCUT2D eigenvalue weighted by Crippen LogP contribution is -2.52. The van der Waals surface area contributed by atoms with Crippen LogP contribution in [0.5, 0.6) is 0 Å². The second-order valence-electron chi connectivity index (χ2n) is 5.80. The summed E-state index contributed by atoms with van der Waals surface area (Å²) in [5.74, 6) is 0.0638. The molecule has 7 nitrogen and oxygen atoms in total. The fourth-order valence-corrected chi connectivity index (χ4v) is 3.53. The molecule has 2 amide bonds. The molecule has 0 saturated carbocycles. The largest absolute Gasteiger partial charge is 0.337 e. The molecule has 1 aliphatic rings. The van der Waals surface area contributed by atoms with Crippen LogP contribution in [0.2, 0.25) is 0 Å². The maximum Gasteiger partial charge on any atom is 0.254 e. The average molecular weight is 384 g/mol. The van der Waals surface area contributed by atoms with Crippen molar-refractivity contribution in [1.82, 2.24) is 24.9 Å². The third-order valence-electron chi connectivity index (χ3n) is 4.24. The Labute approximate surface area is 157 Å². The summed E-state index contributed by atoms with van der Waals surface area (Å²) in [6.45, 7) is 2.22. The van der Waals surface area contributed by atoms with Crippen LogP contribution < -0.4 is 5.32 Å². The number of carbonyl (C=O) groups excluding carboxylic acids is 2. The number of thiophene rings is 1. The van der Waals surface area contributed by atoms with Gasteiger partial charge in [0.15, 0.2) is 0 Å². The highest BCUT2D eigenvalue weighted by Crippen LogP contribution is 2.17. The first-order valence-electron chi connectivity index (χ1n) is 7.86. The standard InChI is InChI=1S/C16H21N5O2S.ClH/c1-17-14(13-9-18-19(2)10-13)16(23)21-6-4-20(5-7-21)15(22)12-3-8-24-11-12;/h3,8-11,14,17H,4-7H2,1-2H3;1H. The van der Waals surface area contributed by atoms with Gasteiger partial charge >= 0.3 is 0 Å². The van der Waals surface area contributed by atoms with Gasteiger partial charge < -0.3 is 15.1 Å². The van der Waals surface area contributed by atoms with Crippen LogP contribution in [-0.4, -0.2) is 64.6 Å². The smallest absolute Gasteiger partial charge is 0.254 e. The number of halogens is 1. The molecule has 0 aliphatic carbocycles. The quantitative estimate of drug-likeness (QED) is 0.859. The van der Waals surface area contributed by atoms with Crippen LogP contribution in [0.25, 0.3) is 0 Å².